The van der Waals surface area contributed by atoms with E-state index in [0.29, 0.717) is 19.4 Å². The zero-order valence-electron chi connectivity index (χ0n) is 22.0. The summed E-state index contributed by atoms with van der Waals surface area (Å²) >= 11 is 0. The van der Waals surface area contributed by atoms with Gasteiger partial charge in [-0.25, -0.2) is 0 Å². The van der Waals surface area contributed by atoms with Crippen molar-refractivity contribution in [3.8, 4) is 11.8 Å². The van der Waals surface area contributed by atoms with Gasteiger partial charge in [0, 0.05) is 18.8 Å². The monoisotopic (exact) mass is 462 g/mol. The Morgan fingerprint density at radius 3 is 1.91 bits per heavy atom. The molecule has 0 rings (SSSR count). The van der Waals surface area contributed by atoms with Crippen molar-refractivity contribution >= 4 is 11.9 Å². The summed E-state index contributed by atoms with van der Waals surface area (Å²) in [5.41, 5.74) is 0.783. The van der Waals surface area contributed by atoms with Gasteiger partial charge in [0.1, 0.15) is 0 Å². The number of ether oxygens (including phenoxy) is 2. The van der Waals surface area contributed by atoms with Crippen LogP contribution in [-0.2, 0) is 19.1 Å². The molecule has 0 radical (unpaired) electrons. The van der Waals surface area contributed by atoms with Crippen LogP contribution in [0.1, 0.15) is 130 Å². The molecule has 0 N–H and O–H groups in total. The molecule has 0 amide bonds. The van der Waals surface area contributed by atoms with E-state index in [-0.39, 0.29) is 24.0 Å². The van der Waals surface area contributed by atoms with Gasteiger partial charge < -0.3 is 9.47 Å². The third-order valence-corrected chi connectivity index (χ3v) is 5.72. The first-order chi connectivity index (χ1) is 15.9. The second kappa shape index (κ2) is 22.1. The van der Waals surface area contributed by atoms with E-state index < -0.39 is 0 Å². The van der Waals surface area contributed by atoms with E-state index in [1.54, 1.807) is 0 Å². The van der Waals surface area contributed by atoms with E-state index in [1.165, 1.54) is 25.7 Å². The van der Waals surface area contributed by atoms with Gasteiger partial charge in [0.15, 0.2) is 6.10 Å². The summed E-state index contributed by atoms with van der Waals surface area (Å²) in [6.07, 6.45) is 15.8. The number of carbonyl (C=O) groups is 2. The Labute approximate surface area is 204 Å². The van der Waals surface area contributed by atoms with Crippen LogP contribution < -0.4 is 0 Å². The zero-order valence-corrected chi connectivity index (χ0v) is 22.0. The lowest BCUT2D eigenvalue weighted by atomic mass is 9.99. The Morgan fingerprint density at radius 1 is 0.788 bits per heavy atom. The Morgan fingerprint density at radius 2 is 1.33 bits per heavy atom. The van der Waals surface area contributed by atoms with Gasteiger partial charge in [0.05, 0.1) is 6.61 Å². The smallest absolute Gasteiger partial charge is 0.307 e. The summed E-state index contributed by atoms with van der Waals surface area (Å²) in [5, 5.41) is 0. The summed E-state index contributed by atoms with van der Waals surface area (Å²) < 4.78 is 11.0. The molecule has 4 heteroatoms. The quantitative estimate of drug-likeness (QED) is 0.105. The van der Waals surface area contributed by atoms with Crippen molar-refractivity contribution in [3.63, 3.8) is 0 Å². The minimum absolute atomic E-state index is 0.0621. The molecule has 0 aromatic heterocycles. The number of carbonyl (C=O) groups excluding carboxylic acids is 2. The van der Waals surface area contributed by atoms with Crippen LogP contribution in [0.3, 0.4) is 0 Å². The van der Waals surface area contributed by atoms with Crippen molar-refractivity contribution in [3.05, 3.63) is 12.2 Å². The minimum Gasteiger partial charge on any atom is -0.466 e. The van der Waals surface area contributed by atoms with Gasteiger partial charge in [-0.15, -0.1) is 0 Å². The number of allylic oxidation sites excluding steroid dienone is 1. The van der Waals surface area contributed by atoms with Gasteiger partial charge in [0.25, 0.3) is 0 Å². The fourth-order valence-corrected chi connectivity index (χ4v) is 3.68. The number of unbranched alkanes of at least 4 members (excludes halogenated alkanes) is 10. The number of esters is 2. The van der Waals surface area contributed by atoms with Crippen molar-refractivity contribution in [2.45, 2.75) is 137 Å². The van der Waals surface area contributed by atoms with Crippen LogP contribution in [0.5, 0.6) is 0 Å². The van der Waals surface area contributed by atoms with Gasteiger partial charge in [0.2, 0.25) is 0 Å². The van der Waals surface area contributed by atoms with E-state index in [9.17, 15) is 9.59 Å². The van der Waals surface area contributed by atoms with Crippen LogP contribution in [0.25, 0.3) is 0 Å². The normalized spacial score (nSPS) is 12.4. The van der Waals surface area contributed by atoms with Gasteiger partial charge in [-0.1, -0.05) is 103 Å². The van der Waals surface area contributed by atoms with Gasteiger partial charge in [-0.05, 0) is 38.2 Å². The predicted octanol–water partition coefficient (Wildman–Crippen LogP) is 7.94. The molecule has 190 valence electrons. The first-order valence-corrected chi connectivity index (χ1v) is 13.4. The standard InChI is InChI=1S/C29H50O4/c1-6-8-9-10-15-18-24-32-28(30)20-16-13-11-12-14-17-21-29(31)33-27(23-22-25(3)4)26(5)19-7-2/h26-27H,3,6-21,24H2,1-2,4-5H3. The molecule has 0 saturated heterocycles. The van der Waals surface area contributed by atoms with E-state index >= 15 is 0 Å². The molecule has 0 aliphatic carbocycles. The predicted molar refractivity (Wildman–Crippen MR) is 138 cm³/mol. The second-order valence-corrected chi connectivity index (χ2v) is 9.34. The van der Waals surface area contributed by atoms with E-state index in [1.807, 2.05) is 6.92 Å². The molecule has 2 atom stereocenters. The Bertz CT molecular complexity index is 584. The van der Waals surface area contributed by atoms with Crippen LogP contribution in [-0.4, -0.2) is 24.6 Å². The van der Waals surface area contributed by atoms with Crippen molar-refractivity contribution in [1.82, 2.24) is 0 Å². The third kappa shape index (κ3) is 20.6. The van der Waals surface area contributed by atoms with Crippen molar-refractivity contribution in [2.24, 2.45) is 5.92 Å². The van der Waals surface area contributed by atoms with Crippen LogP contribution >= 0.6 is 0 Å². The molecule has 0 spiro atoms. The average Bonchev–Trinajstić information content (AvgIpc) is 2.77. The molecule has 0 heterocycles. The molecule has 0 aliphatic heterocycles. The van der Waals surface area contributed by atoms with Gasteiger partial charge in [-0.2, -0.15) is 0 Å². The SMILES string of the molecule is C=C(C)C#CC(OC(=O)CCCCCCCCC(=O)OCCCCCCCC)C(C)CCC. The lowest BCUT2D eigenvalue weighted by Gasteiger charge is -2.19. The largest absolute Gasteiger partial charge is 0.466 e. The molecule has 0 aliphatic rings. The lowest BCUT2D eigenvalue weighted by Crippen LogP contribution is -2.24. The fraction of sp³-hybridized carbons (Fsp3) is 0.793. The Kier molecular flexibility index (Phi) is 20.9. The minimum atomic E-state index is -0.352. The first-order valence-electron chi connectivity index (χ1n) is 13.4. The van der Waals surface area contributed by atoms with Gasteiger partial charge >= 0.3 is 11.9 Å². The molecule has 0 aromatic carbocycles. The van der Waals surface area contributed by atoms with Gasteiger partial charge in [-0.3, -0.25) is 9.59 Å². The van der Waals surface area contributed by atoms with E-state index in [2.05, 4.69) is 39.2 Å². The highest BCUT2D eigenvalue weighted by Gasteiger charge is 2.18. The van der Waals surface area contributed by atoms with Crippen LogP contribution in [0, 0.1) is 17.8 Å². The number of hydrogen-bond acceptors (Lipinski definition) is 4. The molecule has 2 unspecified atom stereocenters. The van der Waals surface area contributed by atoms with Crippen LogP contribution in [0.2, 0.25) is 0 Å². The maximum Gasteiger partial charge on any atom is 0.307 e. The summed E-state index contributed by atoms with van der Waals surface area (Å²) in [6.45, 7) is 12.6. The molecule has 4 nitrogen and oxygen atoms in total. The average molecular weight is 463 g/mol. The lowest BCUT2D eigenvalue weighted by molar-refractivity contribution is -0.148. The highest BCUT2D eigenvalue weighted by Crippen LogP contribution is 2.16. The summed E-state index contributed by atoms with van der Waals surface area (Å²) in [5.74, 6) is 6.03. The molecule has 33 heavy (non-hydrogen) atoms. The molecule has 0 bridgehead atoms. The van der Waals surface area contributed by atoms with Crippen molar-refractivity contribution in [1.29, 1.82) is 0 Å². The highest BCUT2D eigenvalue weighted by molar-refractivity contribution is 5.70. The number of rotatable bonds is 20. The molecular weight excluding hydrogens is 412 g/mol. The maximum atomic E-state index is 12.2. The Balaban J connectivity index is 3.76. The van der Waals surface area contributed by atoms with Crippen molar-refractivity contribution < 1.29 is 19.1 Å². The summed E-state index contributed by atoms with van der Waals surface area (Å²) in [7, 11) is 0. The molecule has 0 aromatic rings. The topological polar surface area (TPSA) is 52.6 Å². The second-order valence-electron chi connectivity index (χ2n) is 9.34. The third-order valence-electron chi connectivity index (χ3n) is 5.72. The van der Waals surface area contributed by atoms with E-state index in [4.69, 9.17) is 9.47 Å². The fourth-order valence-electron chi connectivity index (χ4n) is 3.68. The van der Waals surface area contributed by atoms with Crippen molar-refractivity contribution in [2.75, 3.05) is 6.61 Å². The van der Waals surface area contributed by atoms with E-state index in [0.717, 1.165) is 69.8 Å². The summed E-state index contributed by atoms with van der Waals surface area (Å²) in [4.78, 5) is 24.0. The molecule has 0 saturated carbocycles. The zero-order chi connectivity index (χ0) is 24.7. The van der Waals surface area contributed by atoms with Crippen LogP contribution in [0.4, 0.5) is 0 Å². The summed E-state index contributed by atoms with van der Waals surface area (Å²) in [6, 6.07) is 0. The number of hydrogen-bond donors (Lipinski definition) is 0. The maximum absolute atomic E-state index is 12.2. The van der Waals surface area contributed by atoms with Crippen LogP contribution in [0.15, 0.2) is 12.2 Å². The molecule has 0 fully saturated rings. The first kappa shape index (κ1) is 31.2. The Hall–Kier alpha value is -1.76. The molecular formula is C29H50O4. The highest BCUT2D eigenvalue weighted by atomic mass is 16.5.